The summed E-state index contributed by atoms with van der Waals surface area (Å²) in [6.45, 7) is 1.45. The average molecular weight is 536 g/mol. The van der Waals surface area contributed by atoms with Crippen molar-refractivity contribution in [2.24, 2.45) is 0 Å². The van der Waals surface area contributed by atoms with E-state index in [1.807, 2.05) is 0 Å². The molecule has 0 aromatic heterocycles. The Bertz CT molecular complexity index is 1130. The molecule has 7 nitrogen and oxygen atoms in total. The van der Waals surface area contributed by atoms with Gasteiger partial charge in [0.15, 0.2) is 0 Å². The Kier molecular flexibility index (Phi) is 8.65. The molecule has 204 valence electrons. The summed E-state index contributed by atoms with van der Waals surface area (Å²) in [6, 6.07) is 8.96. The molecule has 4 rings (SSSR count). The van der Waals surface area contributed by atoms with Crippen molar-refractivity contribution in [1.82, 2.24) is 15.5 Å². The van der Waals surface area contributed by atoms with Gasteiger partial charge in [0.25, 0.3) is 5.91 Å². The predicted molar refractivity (Wildman–Crippen MR) is 130 cm³/mol. The zero-order chi connectivity index (χ0) is 27.3. The van der Waals surface area contributed by atoms with Crippen LogP contribution in [0.5, 0.6) is 0 Å². The van der Waals surface area contributed by atoms with Gasteiger partial charge >= 0.3 is 6.18 Å². The Morgan fingerprint density at radius 2 is 1.66 bits per heavy atom. The number of ether oxygens (including phenoxy) is 1. The van der Waals surface area contributed by atoms with Gasteiger partial charge in [-0.15, -0.1) is 0 Å². The second-order valence-corrected chi connectivity index (χ2v) is 9.50. The highest BCUT2D eigenvalue weighted by molar-refractivity contribution is 5.97. The molecule has 2 aliphatic rings. The van der Waals surface area contributed by atoms with Gasteiger partial charge in [-0.25, -0.2) is 4.39 Å². The molecule has 3 amide bonds. The van der Waals surface area contributed by atoms with Gasteiger partial charge in [-0.1, -0.05) is 12.1 Å². The number of carbonyl (C=O) groups is 3. The Labute approximate surface area is 217 Å². The van der Waals surface area contributed by atoms with Crippen LogP contribution in [0.3, 0.4) is 0 Å². The third-order valence-electron chi connectivity index (χ3n) is 6.73. The average Bonchev–Trinajstić information content (AvgIpc) is 3.66. The minimum Gasteiger partial charge on any atom is -0.378 e. The maximum atomic E-state index is 13.1. The highest BCUT2D eigenvalue weighted by Gasteiger charge is 2.39. The van der Waals surface area contributed by atoms with Gasteiger partial charge < -0.3 is 20.3 Å². The van der Waals surface area contributed by atoms with Crippen molar-refractivity contribution in [1.29, 1.82) is 0 Å². The fourth-order valence-electron chi connectivity index (χ4n) is 4.49. The molecular formula is C27H29F4N3O4. The number of halogens is 4. The number of hydrogen-bond donors (Lipinski definition) is 2. The van der Waals surface area contributed by atoms with Crippen LogP contribution in [-0.4, -0.2) is 61.0 Å². The second-order valence-electron chi connectivity index (χ2n) is 9.50. The van der Waals surface area contributed by atoms with E-state index in [1.165, 1.54) is 12.1 Å². The highest BCUT2D eigenvalue weighted by atomic mass is 19.4. The lowest BCUT2D eigenvalue weighted by Gasteiger charge is -2.30. The van der Waals surface area contributed by atoms with Crippen molar-refractivity contribution < 1.29 is 36.7 Å². The Balaban J connectivity index is 1.31. The van der Waals surface area contributed by atoms with E-state index in [1.54, 1.807) is 17.0 Å². The summed E-state index contributed by atoms with van der Waals surface area (Å²) in [5.74, 6) is -1.37. The van der Waals surface area contributed by atoms with Gasteiger partial charge in [-0.3, -0.25) is 14.4 Å². The summed E-state index contributed by atoms with van der Waals surface area (Å²) in [4.78, 5) is 39.9. The van der Waals surface area contributed by atoms with Crippen LogP contribution < -0.4 is 10.6 Å². The van der Waals surface area contributed by atoms with Gasteiger partial charge in [0.2, 0.25) is 11.8 Å². The largest absolute Gasteiger partial charge is 0.416 e. The maximum Gasteiger partial charge on any atom is 0.416 e. The smallest absolute Gasteiger partial charge is 0.378 e. The predicted octanol–water partition coefficient (Wildman–Crippen LogP) is 3.64. The zero-order valence-electron chi connectivity index (χ0n) is 20.6. The summed E-state index contributed by atoms with van der Waals surface area (Å²) in [5.41, 5.74) is 0.0771. The van der Waals surface area contributed by atoms with Crippen LogP contribution in [0, 0.1) is 5.82 Å². The van der Waals surface area contributed by atoms with Crippen molar-refractivity contribution in [3.63, 3.8) is 0 Å². The number of amides is 3. The lowest BCUT2D eigenvalue weighted by Crippen LogP contribution is -2.51. The Morgan fingerprint density at radius 1 is 1.00 bits per heavy atom. The molecule has 1 saturated carbocycles. The monoisotopic (exact) mass is 535 g/mol. The number of rotatable bonds is 9. The SMILES string of the molecule is O=C(CCC[C@H](NC(=O)c1ccc(C(F)(F)F)cc1)C(=O)N1CCOCC1)N[C@@H]1C[C@H]1c1ccc(F)cc1. The Morgan fingerprint density at radius 3 is 2.29 bits per heavy atom. The molecule has 2 aromatic rings. The zero-order valence-corrected chi connectivity index (χ0v) is 20.6. The van der Waals surface area contributed by atoms with Crippen LogP contribution in [-0.2, 0) is 20.5 Å². The van der Waals surface area contributed by atoms with E-state index in [9.17, 15) is 31.9 Å². The first-order valence-electron chi connectivity index (χ1n) is 12.5. The van der Waals surface area contributed by atoms with Crippen molar-refractivity contribution in [3.05, 3.63) is 71.0 Å². The third-order valence-corrected chi connectivity index (χ3v) is 6.73. The molecule has 2 aromatic carbocycles. The van der Waals surface area contributed by atoms with E-state index >= 15 is 0 Å². The van der Waals surface area contributed by atoms with Gasteiger partial charge in [-0.05, 0) is 61.2 Å². The van der Waals surface area contributed by atoms with Crippen LogP contribution in [0.25, 0.3) is 0 Å². The fourth-order valence-corrected chi connectivity index (χ4v) is 4.49. The van der Waals surface area contributed by atoms with Crippen molar-refractivity contribution in [2.75, 3.05) is 26.3 Å². The fraction of sp³-hybridized carbons (Fsp3) is 0.444. The summed E-state index contributed by atoms with van der Waals surface area (Å²) < 4.78 is 56.9. The first-order chi connectivity index (χ1) is 18.1. The number of benzene rings is 2. The molecule has 0 unspecified atom stereocenters. The minimum atomic E-state index is -4.52. The van der Waals surface area contributed by atoms with E-state index in [0.29, 0.717) is 32.7 Å². The lowest BCUT2D eigenvalue weighted by atomic mass is 10.1. The van der Waals surface area contributed by atoms with Gasteiger partial charge in [-0.2, -0.15) is 13.2 Å². The van der Waals surface area contributed by atoms with Crippen LogP contribution in [0.2, 0.25) is 0 Å². The molecule has 1 aliphatic carbocycles. The van der Waals surface area contributed by atoms with Gasteiger partial charge in [0, 0.05) is 37.0 Å². The molecule has 3 atom stereocenters. The van der Waals surface area contributed by atoms with Crippen molar-refractivity contribution >= 4 is 17.7 Å². The molecule has 0 bridgehead atoms. The molecule has 1 heterocycles. The normalized spacial score (nSPS) is 19.9. The van der Waals surface area contributed by atoms with Crippen molar-refractivity contribution in [3.8, 4) is 0 Å². The molecule has 38 heavy (non-hydrogen) atoms. The topological polar surface area (TPSA) is 87.7 Å². The molecule has 0 spiro atoms. The molecule has 11 heteroatoms. The Hall–Kier alpha value is -3.47. The van der Waals surface area contributed by atoms with Crippen LogP contribution >= 0.6 is 0 Å². The van der Waals surface area contributed by atoms with Crippen LogP contribution in [0.1, 0.15) is 53.1 Å². The van der Waals surface area contributed by atoms with E-state index in [-0.39, 0.29) is 48.0 Å². The van der Waals surface area contributed by atoms with E-state index in [2.05, 4.69) is 10.6 Å². The highest BCUT2D eigenvalue weighted by Crippen LogP contribution is 2.40. The first-order valence-corrected chi connectivity index (χ1v) is 12.5. The number of nitrogens with one attached hydrogen (secondary N) is 2. The van der Waals surface area contributed by atoms with Crippen LogP contribution in [0.4, 0.5) is 17.6 Å². The summed E-state index contributed by atoms with van der Waals surface area (Å²) in [6.07, 6.45) is -3.13. The van der Waals surface area contributed by atoms with Gasteiger partial charge in [0.1, 0.15) is 11.9 Å². The molecule has 2 fully saturated rings. The minimum absolute atomic E-state index is 0.00362. The van der Waals surface area contributed by atoms with E-state index in [4.69, 9.17) is 4.74 Å². The number of nitrogens with zero attached hydrogens (tertiary/aromatic N) is 1. The molecule has 1 saturated heterocycles. The number of alkyl halides is 3. The number of carbonyl (C=O) groups excluding carboxylic acids is 3. The molecular weight excluding hydrogens is 506 g/mol. The number of morpholine rings is 1. The summed E-state index contributed by atoms with van der Waals surface area (Å²) in [5, 5.41) is 5.58. The van der Waals surface area contributed by atoms with E-state index < -0.39 is 23.7 Å². The van der Waals surface area contributed by atoms with Crippen molar-refractivity contribution in [2.45, 2.75) is 49.9 Å². The van der Waals surface area contributed by atoms with E-state index in [0.717, 1.165) is 36.2 Å². The molecule has 2 N–H and O–H groups in total. The lowest BCUT2D eigenvalue weighted by molar-refractivity contribution is -0.138. The summed E-state index contributed by atoms with van der Waals surface area (Å²) in [7, 11) is 0. The molecule has 0 radical (unpaired) electrons. The van der Waals surface area contributed by atoms with Gasteiger partial charge in [0.05, 0.1) is 18.8 Å². The second kappa shape index (κ2) is 11.9. The quantitative estimate of drug-likeness (QED) is 0.480. The maximum absolute atomic E-state index is 13.1. The molecule has 1 aliphatic heterocycles. The third kappa shape index (κ3) is 7.31. The number of hydrogen-bond acceptors (Lipinski definition) is 4. The summed E-state index contributed by atoms with van der Waals surface area (Å²) >= 11 is 0. The van der Waals surface area contributed by atoms with Crippen LogP contribution in [0.15, 0.2) is 48.5 Å². The standard InChI is InChI=1S/C27H29F4N3O4/c28-20-10-6-17(7-11-20)21-16-23(21)32-24(35)3-1-2-22(26(37)34-12-14-38-15-13-34)33-25(36)18-4-8-19(9-5-18)27(29,30)31/h4-11,21-23H,1-3,12-16H2,(H,32,35)(H,33,36)/t21-,22-,23+/m0/s1. The first kappa shape index (κ1) is 27.6.